The second-order valence-corrected chi connectivity index (χ2v) is 5.69. The molecule has 0 heterocycles. The zero-order chi connectivity index (χ0) is 13.5. The van der Waals surface area contributed by atoms with Crippen LogP contribution in [0, 0.1) is 0 Å². The predicted octanol–water partition coefficient (Wildman–Crippen LogP) is 3.48. The van der Waals surface area contributed by atoms with Gasteiger partial charge in [0.2, 0.25) is 5.91 Å². The number of benzene rings is 2. The third-order valence-corrected chi connectivity index (χ3v) is 3.85. The number of carbonyl (C=O) groups excluding carboxylic acids is 1. The lowest BCUT2D eigenvalue weighted by Gasteiger charge is -2.12. The van der Waals surface area contributed by atoms with Gasteiger partial charge in [-0.15, -0.1) is 11.8 Å². The lowest BCUT2D eigenvalue weighted by Crippen LogP contribution is -2.30. The van der Waals surface area contributed by atoms with Gasteiger partial charge in [0.05, 0.1) is 5.25 Å². The molecule has 2 aromatic carbocycles. The summed E-state index contributed by atoms with van der Waals surface area (Å²) in [6.45, 7) is 2.51. The maximum atomic E-state index is 12.0. The Bertz CT molecular complexity index is 513. The van der Waals surface area contributed by atoms with E-state index < -0.39 is 0 Å². The first-order chi connectivity index (χ1) is 9.25. The average Bonchev–Trinajstić information content (AvgIpc) is 2.47. The van der Waals surface area contributed by atoms with Crippen molar-refractivity contribution >= 4 is 17.7 Å². The summed E-state index contributed by atoms with van der Waals surface area (Å²) in [6, 6.07) is 19.9. The molecule has 0 radical (unpaired) electrons. The maximum absolute atomic E-state index is 12.0. The Morgan fingerprint density at radius 1 is 1.05 bits per heavy atom. The molecule has 0 saturated heterocycles. The fourth-order valence-corrected chi connectivity index (χ4v) is 2.60. The molecule has 0 aromatic heterocycles. The summed E-state index contributed by atoms with van der Waals surface area (Å²) in [5, 5.41) is 2.87. The van der Waals surface area contributed by atoms with Crippen LogP contribution in [-0.4, -0.2) is 11.2 Å². The molecule has 1 amide bonds. The Balaban J connectivity index is 1.83. The third-order valence-electron chi connectivity index (χ3n) is 2.73. The molecule has 0 bridgehead atoms. The minimum Gasteiger partial charge on any atom is -0.351 e. The fourth-order valence-electron chi connectivity index (χ4n) is 1.69. The van der Waals surface area contributed by atoms with Gasteiger partial charge in [0.15, 0.2) is 0 Å². The van der Waals surface area contributed by atoms with E-state index in [-0.39, 0.29) is 11.2 Å². The highest BCUT2D eigenvalue weighted by Gasteiger charge is 2.13. The predicted molar refractivity (Wildman–Crippen MR) is 80.0 cm³/mol. The molecule has 2 rings (SSSR count). The van der Waals surface area contributed by atoms with Gasteiger partial charge in [-0.1, -0.05) is 48.5 Å². The van der Waals surface area contributed by atoms with Gasteiger partial charge in [-0.3, -0.25) is 4.79 Å². The van der Waals surface area contributed by atoms with Crippen LogP contribution in [0.3, 0.4) is 0 Å². The average molecular weight is 271 g/mol. The van der Waals surface area contributed by atoms with Gasteiger partial charge in [0.1, 0.15) is 0 Å². The van der Waals surface area contributed by atoms with E-state index in [4.69, 9.17) is 0 Å². The van der Waals surface area contributed by atoms with Crippen LogP contribution in [0.4, 0.5) is 0 Å². The summed E-state index contributed by atoms with van der Waals surface area (Å²) in [5.74, 6) is 0.0673. The fraction of sp³-hybridized carbons (Fsp3) is 0.188. The lowest BCUT2D eigenvalue weighted by atomic mass is 10.2. The Morgan fingerprint density at radius 2 is 1.63 bits per heavy atom. The van der Waals surface area contributed by atoms with Crippen LogP contribution in [0.5, 0.6) is 0 Å². The Hall–Kier alpha value is -1.74. The summed E-state index contributed by atoms with van der Waals surface area (Å²) < 4.78 is 0. The minimum absolute atomic E-state index is 0.0673. The summed E-state index contributed by atoms with van der Waals surface area (Å²) in [7, 11) is 0. The molecule has 0 aliphatic rings. The van der Waals surface area contributed by atoms with Crippen molar-refractivity contribution in [3.8, 4) is 0 Å². The number of hydrogen-bond acceptors (Lipinski definition) is 2. The van der Waals surface area contributed by atoms with Gasteiger partial charge in [-0.05, 0) is 24.6 Å². The highest BCUT2D eigenvalue weighted by atomic mass is 32.2. The highest BCUT2D eigenvalue weighted by Crippen LogP contribution is 2.22. The van der Waals surface area contributed by atoms with Crippen molar-refractivity contribution in [1.82, 2.24) is 5.32 Å². The van der Waals surface area contributed by atoms with E-state index in [9.17, 15) is 4.79 Å². The van der Waals surface area contributed by atoms with E-state index in [1.807, 2.05) is 67.6 Å². The number of amides is 1. The van der Waals surface area contributed by atoms with Crippen molar-refractivity contribution in [2.75, 3.05) is 0 Å². The van der Waals surface area contributed by atoms with Crippen LogP contribution in [0.15, 0.2) is 65.6 Å². The van der Waals surface area contributed by atoms with Crippen molar-refractivity contribution in [3.05, 3.63) is 66.2 Å². The molecule has 19 heavy (non-hydrogen) atoms. The molecule has 2 nitrogen and oxygen atoms in total. The molecule has 0 fully saturated rings. The van der Waals surface area contributed by atoms with Crippen molar-refractivity contribution in [1.29, 1.82) is 0 Å². The van der Waals surface area contributed by atoms with Crippen LogP contribution in [0.1, 0.15) is 12.5 Å². The first-order valence-electron chi connectivity index (χ1n) is 6.29. The van der Waals surface area contributed by atoms with E-state index >= 15 is 0 Å². The maximum Gasteiger partial charge on any atom is 0.233 e. The van der Waals surface area contributed by atoms with E-state index in [1.165, 1.54) is 0 Å². The molecular formula is C16H17NOS. The second kappa shape index (κ2) is 7.00. The third kappa shape index (κ3) is 4.45. The van der Waals surface area contributed by atoms with Gasteiger partial charge in [0.25, 0.3) is 0 Å². The van der Waals surface area contributed by atoms with Crippen molar-refractivity contribution in [2.45, 2.75) is 23.6 Å². The van der Waals surface area contributed by atoms with Crippen molar-refractivity contribution < 1.29 is 4.79 Å². The van der Waals surface area contributed by atoms with Gasteiger partial charge in [-0.2, -0.15) is 0 Å². The zero-order valence-electron chi connectivity index (χ0n) is 10.9. The quantitative estimate of drug-likeness (QED) is 0.844. The minimum atomic E-state index is -0.0916. The lowest BCUT2D eigenvalue weighted by molar-refractivity contribution is -0.120. The van der Waals surface area contributed by atoms with Crippen LogP contribution in [0.2, 0.25) is 0 Å². The molecule has 0 aliphatic heterocycles. The first-order valence-corrected chi connectivity index (χ1v) is 7.17. The van der Waals surface area contributed by atoms with Crippen LogP contribution >= 0.6 is 11.8 Å². The van der Waals surface area contributed by atoms with E-state index in [0.29, 0.717) is 6.54 Å². The standard InChI is InChI=1S/C16H17NOS/c1-13(19-15-10-6-3-7-11-15)16(18)17-12-14-8-4-2-5-9-14/h2-11,13H,12H2,1H3,(H,17,18)/t13-/m1/s1. The number of rotatable bonds is 5. The Morgan fingerprint density at radius 3 is 2.26 bits per heavy atom. The van der Waals surface area contributed by atoms with Gasteiger partial charge in [-0.25, -0.2) is 0 Å². The summed E-state index contributed by atoms with van der Waals surface area (Å²) in [6.07, 6.45) is 0. The van der Waals surface area contributed by atoms with Crippen LogP contribution < -0.4 is 5.32 Å². The number of nitrogens with one attached hydrogen (secondary N) is 1. The van der Waals surface area contributed by atoms with Gasteiger partial charge < -0.3 is 5.32 Å². The van der Waals surface area contributed by atoms with Gasteiger partial charge >= 0.3 is 0 Å². The largest absolute Gasteiger partial charge is 0.351 e. The van der Waals surface area contributed by atoms with Crippen LogP contribution in [0.25, 0.3) is 0 Å². The zero-order valence-corrected chi connectivity index (χ0v) is 11.7. The molecule has 0 aliphatic carbocycles. The molecule has 98 valence electrons. The first kappa shape index (κ1) is 13.7. The molecule has 1 atom stereocenters. The summed E-state index contributed by atoms with van der Waals surface area (Å²) in [5.41, 5.74) is 1.12. The SMILES string of the molecule is C[C@@H](Sc1ccccc1)C(=O)NCc1ccccc1. The summed E-state index contributed by atoms with van der Waals surface area (Å²) in [4.78, 5) is 13.1. The normalized spacial score (nSPS) is 11.8. The molecule has 0 spiro atoms. The van der Waals surface area contributed by atoms with Crippen molar-refractivity contribution in [2.24, 2.45) is 0 Å². The molecule has 0 unspecified atom stereocenters. The Kier molecular flexibility index (Phi) is 5.04. The highest BCUT2D eigenvalue weighted by molar-refractivity contribution is 8.00. The Labute approximate surface area is 118 Å². The van der Waals surface area contributed by atoms with Crippen molar-refractivity contribution in [3.63, 3.8) is 0 Å². The smallest absolute Gasteiger partial charge is 0.233 e. The van der Waals surface area contributed by atoms with E-state index in [2.05, 4.69) is 5.32 Å². The summed E-state index contributed by atoms with van der Waals surface area (Å²) >= 11 is 1.57. The topological polar surface area (TPSA) is 29.1 Å². The molecule has 1 N–H and O–H groups in total. The molecule has 0 saturated carbocycles. The number of hydrogen-bond donors (Lipinski definition) is 1. The monoisotopic (exact) mass is 271 g/mol. The molecule has 3 heteroatoms. The molecular weight excluding hydrogens is 254 g/mol. The van der Waals surface area contributed by atoms with E-state index in [1.54, 1.807) is 11.8 Å². The van der Waals surface area contributed by atoms with Crippen LogP contribution in [-0.2, 0) is 11.3 Å². The molecule has 2 aromatic rings. The number of carbonyl (C=O) groups is 1. The second-order valence-electron chi connectivity index (χ2n) is 4.28. The van der Waals surface area contributed by atoms with Gasteiger partial charge in [0, 0.05) is 11.4 Å². The van der Waals surface area contributed by atoms with E-state index in [0.717, 1.165) is 10.5 Å². The number of thioether (sulfide) groups is 1.